The summed E-state index contributed by atoms with van der Waals surface area (Å²) < 4.78 is 0. The van der Waals surface area contributed by atoms with Gasteiger partial charge < -0.3 is 15.8 Å². The molecular formula is C13H12N4O. The van der Waals surface area contributed by atoms with E-state index in [1.54, 1.807) is 18.2 Å². The highest BCUT2D eigenvalue weighted by molar-refractivity contribution is 5.78. The highest BCUT2D eigenvalue weighted by atomic mass is 16.3. The van der Waals surface area contributed by atoms with Crippen LogP contribution in [0.2, 0.25) is 0 Å². The van der Waals surface area contributed by atoms with Crippen molar-refractivity contribution < 1.29 is 5.11 Å². The van der Waals surface area contributed by atoms with E-state index in [9.17, 15) is 5.11 Å². The van der Waals surface area contributed by atoms with Gasteiger partial charge in [-0.25, -0.2) is 9.97 Å². The molecule has 0 amide bonds. The second-order valence-corrected chi connectivity index (χ2v) is 4.14. The van der Waals surface area contributed by atoms with Gasteiger partial charge in [-0.2, -0.15) is 0 Å². The Balaban J connectivity index is 2.22. The van der Waals surface area contributed by atoms with Gasteiger partial charge in [0.2, 0.25) is 0 Å². The summed E-state index contributed by atoms with van der Waals surface area (Å²) in [6.45, 7) is 1.85. The van der Waals surface area contributed by atoms with Crippen LogP contribution >= 0.6 is 0 Å². The van der Waals surface area contributed by atoms with Crippen LogP contribution in [-0.2, 0) is 0 Å². The molecule has 2 heterocycles. The lowest BCUT2D eigenvalue weighted by Gasteiger charge is -2.03. The number of phenols is 1. The number of imidazole rings is 1. The van der Waals surface area contributed by atoms with Crippen molar-refractivity contribution >= 4 is 17.0 Å². The predicted molar refractivity (Wildman–Crippen MR) is 70.1 cm³/mol. The number of benzene rings is 1. The molecule has 18 heavy (non-hydrogen) atoms. The Kier molecular flexibility index (Phi) is 2.19. The van der Waals surface area contributed by atoms with Crippen molar-refractivity contribution in [2.75, 3.05) is 5.73 Å². The average molecular weight is 240 g/mol. The minimum Gasteiger partial charge on any atom is -0.508 e. The number of hydrogen-bond donors (Lipinski definition) is 3. The van der Waals surface area contributed by atoms with Gasteiger partial charge in [0.25, 0.3) is 0 Å². The lowest BCUT2D eigenvalue weighted by Crippen LogP contribution is -1.88. The Labute approximate surface area is 103 Å². The number of nitrogen functional groups attached to an aromatic ring is 1. The molecule has 90 valence electrons. The zero-order valence-electron chi connectivity index (χ0n) is 9.81. The highest BCUT2D eigenvalue weighted by Gasteiger charge is 2.10. The molecule has 3 aromatic rings. The summed E-state index contributed by atoms with van der Waals surface area (Å²) in [5.74, 6) is 1.37. The molecule has 3 rings (SSSR count). The van der Waals surface area contributed by atoms with Crippen molar-refractivity contribution in [2.45, 2.75) is 6.92 Å². The summed E-state index contributed by atoms with van der Waals surface area (Å²) in [6, 6.07) is 8.90. The van der Waals surface area contributed by atoms with Gasteiger partial charge in [-0.15, -0.1) is 0 Å². The number of anilines is 1. The maximum Gasteiger partial charge on any atom is 0.180 e. The first-order chi connectivity index (χ1) is 8.65. The number of hydrogen-bond acceptors (Lipinski definition) is 4. The predicted octanol–water partition coefficient (Wildman–Crippen LogP) is 2.22. The SMILES string of the molecule is Cc1c(O)cccc1-c1nc2nc(N)ccc2[nH]1. The summed E-state index contributed by atoms with van der Waals surface area (Å²) in [4.78, 5) is 11.7. The average Bonchev–Trinajstić information content (AvgIpc) is 2.75. The molecule has 0 saturated carbocycles. The summed E-state index contributed by atoms with van der Waals surface area (Å²) in [5.41, 5.74) is 8.65. The maximum absolute atomic E-state index is 9.70. The van der Waals surface area contributed by atoms with Gasteiger partial charge in [0.05, 0.1) is 5.52 Å². The van der Waals surface area contributed by atoms with E-state index in [1.807, 2.05) is 19.1 Å². The quantitative estimate of drug-likeness (QED) is 0.608. The zero-order chi connectivity index (χ0) is 12.7. The van der Waals surface area contributed by atoms with Crippen LogP contribution in [0.15, 0.2) is 30.3 Å². The highest BCUT2D eigenvalue weighted by Crippen LogP contribution is 2.28. The minimum atomic E-state index is 0.250. The van der Waals surface area contributed by atoms with E-state index in [4.69, 9.17) is 5.73 Å². The lowest BCUT2D eigenvalue weighted by atomic mass is 10.1. The van der Waals surface area contributed by atoms with E-state index >= 15 is 0 Å². The first-order valence-corrected chi connectivity index (χ1v) is 5.56. The fraction of sp³-hybridized carbons (Fsp3) is 0.0769. The molecule has 1 aromatic carbocycles. The number of nitrogens with zero attached hydrogens (tertiary/aromatic N) is 2. The fourth-order valence-electron chi connectivity index (χ4n) is 1.91. The van der Waals surface area contributed by atoms with E-state index in [-0.39, 0.29) is 5.75 Å². The Bertz CT molecular complexity index is 733. The fourth-order valence-corrected chi connectivity index (χ4v) is 1.91. The number of nitrogens with one attached hydrogen (secondary N) is 1. The van der Waals surface area contributed by atoms with Crippen LogP contribution in [0.3, 0.4) is 0 Å². The molecule has 0 radical (unpaired) electrons. The minimum absolute atomic E-state index is 0.250. The molecule has 4 N–H and O–H groups in total. The van der Waals surface area contributed by atoms with E-state index in [1.165, 1.54) is 0 Å². The van der Waals surface area contributed by atoms with E-state index < -0.39 is 0 Å². The maximum atomic E-state index is 9.70. The Morgan fingerprint density at radius 2 is 2.00 bits per heavy atom. The van der Waals surface area contributed by atoms with Crippen LogP contribution in [0.1, 0.15) is 5.56 Å². The second-order valence-electron chi connectivity index (χ2n) is 4.14. The molecule has 0 aliphatic rings. The molecule has 0 aliphatic carbocycles. The molecule has 0 bridgehead atoms. The smallest absolute Gasteiger partial charge is 0.180 e. The molecule has 5 nitrogen and oxygen atoms in total. The normalized spacial score (nSPS) is 10.9. The number of aromatic hydroxyl groups is 1. The largest absolute Gasteiger partial charge is 0.508 e. The zero-order valence-corrected chi connectivity index (χ0v) is 9.81. The number of rotatable bonds is 1. The Morgan fingerprint density at radius 3 is 2.83 bits per heavy atom. The van der Waals surface area contributed by atoms with Crippen LogP contribution in [-0.4, -0.2) is 20.1 Å². The third kappa shape index (κ3) is 1.57. The van der Waals surface area contributed by atoms with Gasteiger partial charge >= 0.3 is 0 Å². The van der Waals surface area contributed by atoms with Gasteiger partial charge in [0, 0.05) is 11.1 Å². The molecule has 0 saturated heterocycles. The molecule has 5 heteroatoms. The van der Waals surface area contributed by atoms with Crippen LogP contribution in [0.4, 0.5) is 5.82 Å². The van der Waals surface area contributed by atoms with Crippen LogP contribution in [0.5, 0.6) is 5.75 Å². The van der Waals surface area contributed by atoms with Crippen molar-refractivity contribution in [1.82, 2.24) is 15.0 Å². The molecule has 0 aliphatic heterocycles. The Hall–Kier alpha value is -2.56. The first-order valence-electron chi connectivity index (χ1n) is 5.56. The van der Waals surface area contributed by atoms with Gasteiger partial charge in [0.15, 0.2) is 5.65 Å². The number of phenolic OH excluding ortho intramolecular Hbond substituents is 1. The molecule has 2 aromatic heterocycles. The topological polar surface area (TPSA) is 87.8 Å². The van der Waals surface area contributed by atoms with Crippen LogP contribution in [0.25, 0.3) is 22.6 Å². The summed E-state index contributed by atoms with van der Waals surface area (Å²) in [6.07, 6.45) is 0. The Morgan fingerprint density at radius 1 is 1.17 bits per heavy atom. The number of pyridine rings is 1. The van der Waals surface area contributed by atoms with Crippen molar-refractivity contribution in [3.63, 3.8) is 0 Å². The monoisotopic (exact) mass is 240 g/mol. The summed E-state index contributed by atoms with van der Waals surface area (Å²) in [7, 11) is 0. The van der Waals surface area contributed by atoms with E-state index in [2.05, 4.69) is 15.0 Å². The molecule has 0 unspecified atom stereocenters. The number of H-pyrrole nitrogens is 1. The summed E-state index contributed by atoms with van der Waals surface area (Å²) >= 11 is 0. The third-order valence-electron chi connectivity index (χ3n) is 2.93. The van der Waals surface area contributed by atoms with Crippen molar-refractivity contribution in [3.05, 3.63) is 35.9 Å². The standard InChI is InChI=1S/C13H12N4O/c1-7-8(3-2-4-10(7)18)12-15-9-5-6-11(14)16-13(9)17-12/h2-6,18H,1H3,(H3,14,15,16,17). The van der Waals surface area contributed by atoms with Crippen LogP contribution in [0, 0.1) is 6.92 Å². The van der Waals surface area contributed by atoms with Crippen molar-refractivity contribution in [1.29, 1.82) is 0 Å². The lowest BCUT2D eigenvalue weighted by molar-refractivity contribution is 0.471. The van der Waals surface area contributed by atoms with Gasteiger partial charge in [-0.05, 0) is 25.1 Å². The molecule has 0 atom stereocenters. The second kappa shape index (κ2) is 3.73. The first kappa shape index (κ1) is 10.6. The molecule has 0 spiro atoms. The summed E-state index contributed by atoms with van der Waals surface area (Å²) in [5, 5.41) is 9.70. The third-order valence-corrected chi connectivity index (χ3v) is 2.93. The van der Waals surface area contributed by atoms with Crippen molar-refractivity contribution in [3.8, 4) is 17.1 Å². The van der Waals surface area contributed by atoms with Crippen LogP contribution < -0.4 is 5.73 Å². The van der Waals surface area contributed by atoms with E-state index in [0.717, 1.165) is 16.6 Å². The van der Waals surface area contributed by atoms with Gasteiger partial charge in [0.1, 0.15) is 17.4 Å². The number of fused-ring (bicyclic) bond motifs is 1. The van der Waals surface area contributed by atoms with Gasteiger partial charge in [-0.3, -0.25) is 0 Å². The number of aromatic nitrogens is 3. The molecular weight excluding hydrogens is 228 g/mol. The number of nitrogens with two attached hydrogens (primary N) is 1. The number of aromatic amines is 1. The van der Waals surface area contributed by atoms with E-state index in [0.29, 0.717) is 17.3 Å². The van der Waals surface area contributed by atoms with Crippen molar-refractivity contribution in [2.24, 2.45) is 0 Å². The van der Waals surface area contributed by atoms with Gasteiger partial charge in [-0.1, -0.05) is 12.1 Å². The molecule has 0 fully saturated rings.